The second kappa shape index (κ2) is 7.73. The van der Waals surface area contributed by atoms with Gasteiger partial charge in [-0.15, -0.1) is 0 Å². The number of carbonyl (C=O) groups is 1. The van der Waals surface area contributed by atoms with Gasteiger partial charge in [-0.1, -0.05) is 44.2 Å². The first-order valence-corrected chi connectivity index (χ1v) is 7.19. The molecule has 1 rings (SSSR count). The molecule has 0 aromatic heterocycles. The van der Waals surface area contributed by atoms with E-state index in [1.54, 1.807) is 6.08 Å². The molecule has 3 heteroatoms. The smallest absolute Gasteiger partial charge is 0.328 e. The average Bonchev–Trinajstić information content (AvgIpc) is 2.45. The van der Waals surface area contributed by atoms with Gasteiger partial charge in [0.15, 0.2) is 0 Å². The van der Waals surface area contributed by atoms with Crippen molar-refractivity contribution in [3.05, 3.63) is 41.5 Å². The number of carbonyl (C=O) groups excluding carboxylic acids is 1. The van der Waals surface area contributed by atoms with Gasteiger partial charge in [-0.25, -0.2) is 4.79 Å². The summed E-state index contributed by atoms with van der Waals surface area (Å²) in [6.07, 6.45) is 3.45. The van der Waals surface area contributed by atoms with E-state index in [0.29, 0.717) is 0 Å². The largest absolute Gasteiger partial charge is 0.460 e. The van der Waals surface area contributed by atoms with Crippen LogP contribution >= 0.6 is 0 Å². The molecule has 0 aliphatic carbocycles. The maximum absolute atomic E-state index is 11.8. The number of ether oxygens (including phenoxy) is 1. The van der Waals surface area contributed by atoms with Crippen molar-refractivity contribution in [1.82, 2.24) is 0 Å². The molecule has 1 N–H and O–H groups in total. The van der Waals surface area contributed by atoms with E-state index in [1.807, 2.05) is 6.92 Å². The highest BCUT2D eigenvalue weighted by atomic mass is 16.5. The van der Waals surface area contributed by atoms with Crippen LogP contribution in [0.5, 0.6) is 0 Å². The zero-order valence-corrected chi connectivity index (χ0v) is 13.0. The minimum atomic E-state index is -0.367. The van der Waals surface area contributed by atoms with Crippen LogP contribution < -0.4 is 5.32 Å². The van der Waals surface area contributed by atoms with E-state index in [1.165, 1.54) is 16.7 Å². The van der Waals surface area contributed by atoms with Crippen LogP contribution in [0, 0.1) is 6.92 Å². The third kappa shape index (κ3) is 4.12. The lowest BCUT2D eigenvalue weighted by Crippen LogP contribution is -2.29. The molecule has 20 heavy (non-hydrogen) atoms. The van der Waals surface area contributed by atoms with Crippen LogP contribution in [0.25, 0.3) is 0 Å². The Morgan fingerprint density at radius 2 is 1.90 bits per heavy atom. The maximum atomic E-state index is 11.8. The fraction of sp³-hybridized carbons (Fsp3) is 0.471. The van der Waals surface area contributed by atoms with Gasteiger partial charge in [0, 0.05) is 5.69 Å². The second-order valence-electron chi connectivity index (χ2n) is 4.95. The summed E-state index contributed by atoms with van der Waals surface area (Å²) in [5.41, 5.74) is 4.81. The van der Waals surface area contributed by atoms with Crippen molar-refractivity contribution in [3.63, 3.8) is 0 Å². The maximum Gasteiger partial charge on any atom is 0.328 e. The molecule has 0 saturated heterocycles. The Bertz CT molecular complexity index is 455. The standard InChI is InChI=1S/C17H25NO2/c1-6-9-20-17(19)13(5)18-16-14(7-2)10-12(4)11-15(16)8-3/h6,10-11,13,18H,1,7-9H2,2-5H3/t13-/m0/s1. The van der Waals surface area contributed by atoms with E-state index in [0.717, 1.165) is 18.5 Å². The van der Waals surface area contributed by atoms with E-state index >= 15 is 0 Å². The molecule has 3 nitrogen and oxygen atoms in total. The Hall–Kier alpha value is -1.77. The number of hydrogen-bond donors (Lipinski definition) is 1. The predicted molar refractivity (Wildman–Crippen MR) is 84.2 cm³/mol. The number of nitrogens with one attached hydrogen (secondary N) is 1. The molecule has 1 atom stereocenters. The van der Waals surface area contributed by atoms with Crippen LogP contribution in [0.1, 0.15) is 37.5 Å². The number of esters is 1. The number of benzene rings is 1. The monoisotopic (exact) mass is 275 g/mol. The molecule has 0 bridgehead atoms. The van der Waals surface area contributed by atoms with E-state index in [4.69, 9.17) is 4.74 Å². The van der Waals surface area contributed by atoms with Gasteiger partial charge in [0.05, 0.1) is 0 Å². The Labute approximate surface area is 122 Å². The molecule has 0 radical (unpaired) electrons. The summed E-state index contributed by atoms with van der Waals surface area (Å²) in [4.78, 5) is 11.8. The number of aryl methyl sites for hydroxylation is 3. The topological polar surface area (TPSA) is 38.3 Å². The summed E-state index contributed by atoms with van der Waals surface area (Å²) in [5.74, 6) is -0.255. The quantitative estimate of drug-likeness (QED) is 0.610. The highest BCUT2D eigenvalue weighted by Crippen LogP contribution is 2.25. The molecule has 0 amide bonds. The van der Waals surface area contributed by atoms with Crippen molar-refractivity contribution >= 4 is 11.7 Å². The summed E-state index contributed by atoms with van der Waals surface area (Å²) in [6.45, 7) is 12.0. The molecular weight excluding hydrogens is 250 g/mol. The van der Waals surface area contributed by atoms with Gasteiger partial charge in [-0.3, -0.25) is 0 Å². The zero-order chi connectivity index (χ0) is 15.1. The van der Waals surface area contributed by atoms with Crippen LogP contribution in [0.2, 0.25) is 0 Å². The highest BCUT2D eigenvalue weighted by Gasteiger charge is 2.17. The van der Waals surface area contributed by atoms with Crippen molar-refractivity contribution in [2.24, 2.45) is 0 Å². The van der Waals surface area contributed by atoms with E-state index < -0.39 is 0 Å². The Morgan fingerprint density at radius 3 is 2.35 bits per heavy atom. The number of rotatable bonds is 7. The summed E-state index contributed by atoms with van der Waals surface area (Å²) in [6, 6.07) is 3.97. The molecule has 0 heterocycles. The fourth-order valence-electron chi connectivity index (χ4n) is 2.23. The average molecular weight is 275 g/mol. The first-order valence-electron chi connectivity index (χ1n) is 7.19. The lowest BCUT2D eigenvalue weighted by atomic mass is 9.99. The van der Waals surface area contributed by atoms with Crippen molar-refractivity contribution in [3.8, 4) is 0 Å². The van der Waals surface area contributed by atoms with Crippen LogP contribution in [-0.4, -0.2) is 18.6 Å². The Morgan fingerprint density at radius 1 is 1.35 bits per heavy atom. The van der Waals surface area contributed by atoms with Gasteiger partial charge in [0.2, 0.25) is 0 Å². The molecule has 1 aromatic rings. The Kier molecular flexibility index (Phi) is 6.29. The molecular formula is C17H25NO2. The van der Waals surface area contributed by atoms with Gasteiger partial charge >= 0.3 is 5.97 Å². The minimum absolute atomic E-state index is 0.250. The number of anilines is 1. The van der Waals surface area contributed by atoms with Gasteiger partial charge < -0.3 is 10.1 Å². The van der Waals surface area contributed by atoms with Gasteiger partial charge in [0.1, 0.15) is 12.6 Å². The van der Waals surface area contributed by atoms with Gasteiger partial charge in [0.25, 0.3) is 0 Å². The van der Waals surface area contributed by atoms with Crippen LogP contribution in [0.3, 0.4) is 0 Å². The first kappa shape index (κ1) is 16.3. The second-order valence-corrected chi connectivity index (χ2v) is 4.95. The summed E-state index contributed by atoms with van der Waals surface area (Å²) < 4.78 is 5.08. The third-order valence-corrected chi connectivity index (χ3v) is 3.27. The first-order chi connectivity index (χ1) is 9.53. The third-order valence-electron chi connectivity index (χ3n) is 3.27. The fourth-order valence-corrected chi connectivity index (χ4v) is 2.23. The van der Waals surface area contributed by atoms with Crippen molar-refractivity contribution in [2.75, 3.05) is 11.9 Å². The lowest BCUT2D eigenvalue weighted by Gasteiger charge is -2.20. The van der Waals surface area contributed by atoms with Crippen LogP contribution in [0.4, 0.5) is 5.69 Å². The SMILES string of the molecule is C=CCOC(=O)[C@H](C)Nc1c(CC)cc(C)cc1CC. The molecule has 0 aliphatic rings. The minimum Gasteiger partial charge on any atom is -0.460 e. The van der Waals surface area contributed by atoms with Gasteiger partial charge in [-0.2, -0.15) is 0 Å². The lowest BCUT2D eigenvalue weighted by molar-refractivity contribution is -0.142. The summed E-state index contributed by atoms with van der Waals surface area (Å²) in [5, 5.41) is 3.31. The highest BCUT2D eigenvalue weighted by molar-refractivity contribution is 5.80. The molecule has 0 fully saturated rings. The summed E-state index contributed by atoms with van der Waals surface area (Å²) in [7, 11) is 0. The van der Waals surface area contributed by atoms with Crippen molar-refractivity contribution in [2.45, 2.75) is 46.6 Å². The molecule has 110 valence electrons. The summed E-state index contributed by atoms with van der Waals surface area (Å²) >= 11 is 0. The van der Waals surface area contributed by atoms with Crippen molar-refractivity contribution in [1.29, 1.82) is 0 Å². The van der Waals surface area contributed by atoms with Crippen molar-refractivity contribution < 1.29 is 9.53 Å². The van der Waals surface area contributed by atoms with E-state index in [-0.39, 0.29) is 18.6 Å². The predicted octanol–water partition coefficient (Wildman–Crippen LogP) is 3.65. The molecule has 0 saturated carbocycles. The Balaban J connectivity index is 2.95. The van der Waals surface area contributed by atoms with E-state index in [2.05, 4.69) is 44.8 Å². The molecule has 1 aromatic carbocycles. The zero-order valence-electron chi connectivity index (χ0n) is 13.0. The normalized spacial score (nSPS) is 11.8. The van der Waals surface area contributed by atoms with Crippen LogP contribution in [-0.2, 0) is 22.4 Å². The molecule has 0 unspecified atom stereocenters. The van der Waals surface area contributed by atoms with Gasteiger partial charge in [-0.05, 0) is 37.8 Å². The molecule has 0 aliphatic heterocycles. The van der Waals surface area contributed by atoms with Crippen LogP contribution in [0.15, 0.2) is 24.8 Å². The van der Waals surface area contributed by atoms with E-state index in [9.17, 15) is 4.79 Å². The number of hydrogen-bond acceptors (Lipinski definition) is 3. The molecule has 0 spiro atoms.